The van der Waals surface area contributed by atoms with Gasteiger partial charge in [0, 0.05) is 37.6 Å². The quantitative estimate of drug-likeness (QED) is 0.935. The molecule has 6 heteroatoms. The SMILES string of the molecule is Cn1nc(C(=O)Nc2ccc(N3CCCC3)cc2)ccc1=O. The van der Waals surface area contributed by atoms with E-state index < -0.39 is 0 Å². The Hall–Kier alpha value is -2.63. The zero-order valence-electron chi connectivity index (χ0n) is 12.5. The van der Waals surface area contributed by atoms with Crippen molar-refractivity contribution >= 4 is 17.3 Å². The van der Waals surface area contributed by atoms with Crippen LogP contribution in [0.4, 0.5) is 11.4 Å². The number of anilines is 2. The van der Waals surface area contributed by atoms with Crippen LogP contribution in [0.1, 0.15) is 23.3 Å². The van der Waals surface area contributed by atoms with Crippen LogP contribution in [0.2, 0.25) is 0 Å². The Kier molecular flexibility index (Phi) is 3.91. The van der Waals surface area contributed by atoms with Crippen LogP contribution in [0.5, 0.6) is 0 Å². The highest BCUT2D eigenvalue weighted by atomic mass is 16.2. The predicted octanol–water partition coefficient (Wildman–Crippen LogP) is 1.63. The van der Waals surface area contributed by atoms with Gasteiger partial charge in [-0.05, 0) is 43.2 Å². The second kappa shape index (κ2) is 6.01. The molecule has 6 nitrogen and oxygen atoms in total. The third-order valence-electron chi connectivity index (χ3n) is 3.79. The number of amides is 1. The summed E-state index contributed by atoms with van der Waals surface area (Å²) in [5.41, 5.74) is 1.86. The first-order chi connectivity index (χ1) is 10.6. The number of nitrogens with zero attached hydrogens (tertiary/aromatic N) is 3. The van der Waals surface area contributed by atoms with E-state index in [2.05, 4.69) is 15.3 Å². The van der Waals surface area contributed by atoms with Crippen LogP contribution in [0, 0.1) is 0 Å². The van der Waals surface area contributed by atoms with Gasteiger partial charge in [-0.2, -0.15) is 5.10 Å². The number of carbonyl (C=O) groups is 1. The third-order valence-corrected chi connectivity index (χ3v) is 3.79. The van der Waals surface area contributed by atoms with Gasteiger partial charge in [-0.3, -0.25) is 9.59 Å². The van der Waals surface area contributed by atoms with Crippen LogP contribution in [0.15, 0.2) is 41.2 Å². The summed E-state index contributed by atoms with van der Waals surface area (Å²) in [5, 5.41) is 6.72. The number of benzene rings is 1. The monoisotopic (exact) mass is 298 g/mol. The average molecular weight is 298 g/mol. The normalized spacial score (nSPS) is 14.1. The largest absolute Gasteiger partial charge is 0.372 e. The van der Waals surface area contributed by atoms with E-state index >= 15 is 0 Å². The summed E-state index contributed by atoms with van der Waals surface area (Å²) in [5.74, 6) is -0.329. The minimum absolute atomic E-state index is 0.214. The minimum atomic E-state index is -0.329. The van der Waals surface area contributed by atoms with E-state index in [1.54, 1.807) is 0 Å². The topological polar surface area (TPSA) is 67.2 Å². The number of carbonyl (C=O) groups excluding carboxylic acids is 1. The maximum absolute atomic E-state index is 12.1. The number of aromatic nitrogens is 2. The summed E-state index contributed by atoms with van der Waals surface area (Å²) < 4.78 is 1.14. The Morgan fingerprint density at radius 1 is 1.09 bits per heavy atom. The molecule has 1 aliphatic rings. The van der Waals surface area contributed by atoms with Gasteiger partial charge in [0.25, 0.3) is 11.5 Å². The molecule has 0 aliphatic carbocycles. The summed E-state index contributed by atoms with van der Waals surface area (Å²) in [6.45, 7) is 2.18. The number of aryl methyl sites for hydroxylation is 1. The molecule has 0 saturated carbocycles. The lowest BCUT2D eigenvalue weighted by molar-refractivity contribution is 0.102. The standard InChI is InChI=1S/C16H18N4O2/c1-19-15(21)9-8-14(18-19)16(22)17-12-4-6-13(7-5-12)20-10-2-3-11-20/h4-9H,2-3,10-11H2,1H3,(H,17,22). The number of nitrogens with one attached hydrogen (secondary N) is 1. The number of rotatable bonds is 3. The molecule has 1 fully saturated rings. The van der Waals surface area contributed by atoms with E-state index in [1.165, 1.54) is 37.7 Å². The smallest absolute Gasteiger partial charge is 0.276 e. The van der Waals surface area contributed by atoms with Crippen LogP contribution >= 0.6 is 0 Å². The van der Waals surface area contributed by atoms with Crippen molar-refractivity contribution in [3.05, 3.63) is 52.4 Å². The third kappa shape index (κ3) is 3.00. The summed E-state index contributed by atoms with van der Waals surface area (Å²) in [6.07, 6.45) is 2.47. The molecule has 0 atom stereocenters. The van der Waals surface area contributed by atoms with Gasteiger partial charge in [0.05, 0.1) is 0 Å². The lowest BCUT2D eigenvalue weighted by Gasteiger charge is -2.17. The molecule has 0 radical (unpaired) electrons. The van der Waals surface area contributed by atoms with Gasteiger partial charge in [0.2, 0.25) is 0 Å². The van der Waals surface area contributed by atoms with E-state index in [0.29, 0.717) is 5.69 Å². The van der Waals surface area contributed by atoms with Crippen molar-refractivity contribution in [1.82, 2.24) is 9.78 Å². The van der Waals surface area contributed by atoms with Gasteiger partial charge in [-0.25, -0.2) is 4.68 Å². The Labute approximate surface area is 128 Å². The molecule has 2 aromatic rings. The fraction of sp³-hybridized carbons (Fsp3) is 0.312. The Balaban J connectivity index is 1.70. The van der Waals surface area contributed by atoms with Gasteiger partial charge >= 0.3 is 0 Å². The second-order valence-electron chi connectivity index (χ2n) is 5.38. The highest BCUT2D eigenvalue weighted by Gasteiger charge is 2.13. The van der Waals surface area contributed by atoms with Gasteiger partial charge in [0.1, 0.15) is 5.69 Å². The van der Waals surface area contributed by atoms with Crippen molar-refractivity contribution in [3.63, 3.8) is 0 Å². The molecule has 0 bridgehead atoms. The van der Waals surface area contributed by atoms with Gasteiger partial charge < -0.3 is 10.2 Å². The van der Waals surface area contributed by atoms with Gasteiger partial charge in [0.15, 0.2) is 0 Å². The zero-order chi connectivity index (χ0) is 15.5. The molecule has 1 amide bonds. The Morgan fingerprint density at radius 3 is 2.41 bits per heavy atom. The minimum Gasteiger partial charge on any atom is -0.372 e. The molecule has 114 valence electrons. The maximum Gasteiger partial charge on any atom is 0.276 e. The second-order valence-corrected chi connectivity index (χ2v) is 5.38. The predicted molar refractivity (Wildman–Crippen MR) is 85.3 cm³/mol. The molecule has 2 heterocycles. The van der Waals surface area contributed by atoms with Crippen molar-refractivity contribution in [3.8, 4) is 0 Å². The summed E-state index contributed by atoms with van der Waals surface area (Å²) in [6, 6.07) is 10.5. The average Bonchev–Trinajstić information content (AvgIpc) is 3.05. The van der Waals surface area contributed by atoms with Gasteiger partial charge in [-0.15, -0.1) is 0 Å². The molecule has 22 heavy (non-hydrogen) atoms. The molecule has 0 unspecified atom stereocenters. The maximum atomic E-state index is 12.1. The van der Waals surface area contributed by atoms with Crippen LogP contribution in [0.25, 0.3) is 0 Å². The molecule has 3 rings (SSSR count). The summed E-state index contributed by atoms with van der Waals surface area (Å²) >= 11 is 0. The van der Waals surface area contributed by atoms with E-state index in [1.807, 2.05) is 24.3 Å². The molecular formula is C16H18N4O2. The lowest BCUT2D eigenvalue weighted by atomic mass is 10.2. The van der Waals surface area contributed by atoms with Crippen LogP contribution in [-0.4, -0.2) is 28.8 Å². The van der Waals surface area contributed by atoms with Crippen molar-refractivity contribution in [2.45, 2.75) is 12.8 Å². The van der Waals surface area contributed by atoms with Crippen molar-refractivity contribution in [2.75, 3.05) is 23.3 Å². The zero-order valence-corrected chi connectivity index (χ0v) is 12.5. The number of hydrogen-bond acceptors (Lipinski definition) is 4. The van der Waals surface area contributed by atoms with Crippen LogP contribution < -0.4 is 15.8 Å². The Morgan fingerprint density at radius 2 is 1.77 bits per heavy atom. The lowest BCUT2D eigenvalue weighted by Crippen LogP contribution is -2.23. The Bertz CT molecular complexity index is 731. The first-order valence-electron chi connectivity index (χ1n) is 7.34. The molecular weight excluding hydrogens is 280 g/mol. The summed E-state index contributed by atoms with van der Waals surface area (Å²) in [7, 11) is 1.52. The molecule has 1 saturated heterocycles. The first-order valence-corrected chi connectivity index (χ1v) is 7.34. The van der Waals surface area contributed by atoms with Crippen molar-refractivity contribution in [1.29, 1.82) is 0 Å². The highest BCUT2D eigenvalue weighted by molar-refractivity contribution is 6.02. The van der Waals surface area contributed by atoms with Gasteiger partial charge in [-0.1, -0.05) is 0 Å². The molecule has 0 spiro atoms. The molecule has 1 N–H and O–H groups in total. The fourth-order valence-electron chi connectivity index (χ4n) is 2.55. The van der Waals surface area contributed by atoms with E-state index in [-0.39, 0.29) is 17.2 Å². The van der Waals surface area contributed by atoms with Crippen molar-refractivity contribution < 1.29 is 4.79 Å². The van der Waals surface area contributed by atoms with Crippen LogP contribution in [-0.2, 0) is 7.05 Å². The van der Waals surface area contributed by atoms with Crippen molar-refractivity contribution in [2.24, 2.45) is 7.05 Å². The molecule has 1 aromatic carbocycles. The van der Waals surface area contributed by atoms with E-state index in [0.717, 1.165) is 17.8 Å². The fourth-order valence-corrected chi connectivity index (χ4v) is 2.55. The molecule has 1 aliphatic heterocycles. The van der Waals surface area contributed by atoms with E-state index in [9.17, 15) is 9.59 Å². The van der Waals surface area contributed by atoms with E-state index in [4.69, 9.17) is 0 Å². The number of hydrogen-bond donors (Lipinski definition) is 1. The first kappa shape index (κ1) is 14.3. The summed E-state index contributed by atoms with van der Waals surface area (Å²) in [4.78, 5) is 25.7. The van der Waals surface area contributed by atoms with Crippen LogP contribution in [0.3, 0.4) is 0 Å². The highest BCUT2D eigenvalue weighted by Crippen LogP contribution is 2.22. The molecule has 1 aromatic heterocycles.